The minimum Gasteiger partial charge on any atom is -0.271 e. The predicted molar refractivity (Wildman–Crippen MR) is 68.2 cm³/mol. The first-order chi connectivity index (χ1) is 8.54. The molecule has 0 radical (unpaired) electrons. The van der Waals surface area contributed by atoms with E-state index in [2.05, 4.69) is 17.2 Å². The molecule has 1 atom stereocenters. The number of nitrogens with zero attached hydrogens (tertiary/aromatic N) is 2. The second kappa shape index (κ2) is 4.10. The maximum absolute atomic E-state index is 11.1. The molecule has 3 rings (SSSR count). The summed E-state index contributed by atoms with van der Waals surface area (Å²) in [5.74, 6) is 0.409. The summed E-state index contributed by atoms with van der Waals surface area (Å²) in [5.41, 5.74) is 2.68. The minimum absolute atomic E-state index is 0.0526. The lowest BCUT2D eigenvalue weighted by Crippen LogP contribution is -2.22. The number of benzene rings is 1. The number of hydrogen-bond acceptors (Lipinski definition) is 3. The topological polar surface area (TPSA) is 52.0 Å². The Bertz CT molecular complexity index is 694. The molecule has 0 N–H and O–H groups in total. The van der Waals surface area contributed by atoms with Crippen molar-refractivity contribution in [3.63, 3.8) is 0 Å². The van der Waals surface area contributed by atoms with Gasteiger partial charge in [0.05, 0.1) is 6.20 Å². The Morgan fingerprint density at radius 1 is 1.39 bits per heavy atom. The molecule has 4 nitrogen and oxygen atoms in total. The average Bonchev–Trinajstić information content (AvgIpc) is 2.74. The van der Waals surface area contributed by atoms with Gasteiger partial charge in [0.2, 0.25) is 0 Å². The molecule has 0 spiro atoms. The fraction of sp³-hybridized carbons (Fsp3) is 0.250. The van der Waals surface area contributed by atoms with E-state index in [0.717, 1.165) is 6.42 Å². The van der Waals surface area contributed by atoms with Crippen LogP contribution >= 0.6 is 10.7 Å². The Hall–Kier alpha value is -1.33. The van der Waals surface area contributed by atoms with Crippen LogP contribution in [0.5, 0.6) is 0 Å². The van der Waals surface area contributed by atoms with Gasteiger partial charge in [-0.2, -0.15) is 5.10 Å². The molecule has 1 heterocycles. The first-order valence-electron chi connectivity index (χ1n) is 5.59. The highest BCUT2D eigenvalue weighted by Crippen LogP contribution is 2.35. The van der Waals surface area contributed by atoms with E-state index in [4.69, 9.17) is 10.7 Å². The van der Waals surface area contributed by atoms with Crippen molar-refractivity contribution >= 4 is 19.7 Å². The molecule has 0 saturated heterocycles. The van der Waals surface area contributed by atoms with E-state index in [1.807, 2.05) is 12.1 Å². The zero-order valence-corrected chi connectivity index (χ0v) is 11.0. The molecule has 1 aromatic heterocycles. The number of rotatable bonds is 3. The van der Waals surface area contributed by atoms with Gasteiger partial charge in [0.25, 0.3) is 9.05 Å². The fourth-order valence-electron chi connectivity index (χ4n) is 2.32. The molecule has 94 valence electrons. The van der Waals surface area contributed by atoms with Crippen LogP contribution in [0.4, 0.5) is 0 Å². The summed E-state index contributed by atoms with van der Waals surface area (Å²) < 4.78 is 23.9. The highest BCUT2D eigenvalue weighted by Gasteiger charge is 2.26. The summed E-state index contributed by atoms with van der Waals surface area (Å²) in [6, 6.07) is 8.26. The molecule has 1 unspecified atom stereocenters. The largest absolute Gasteiger partial charge is 0.271 e. The molecule has 1 aliphatic rings. The van der Waals surface area contributed by atoms with Crippen molar-refractivity contribution < 1.29 is 8.42 Å². The van der Waals surface area contributed by atoms with E-state index in [1.165, 1.54) is 23.5 Å². The summed E-state index contributed by atoms with van der Waals surface area (Å²) in [4.78, 5) is 0.0526. The van der Waals surface area contributed by atoms with Crippen molar-refractivity contribution in [1.29, 1.82) is 0 Å². The highest BCUT2D eigenvalue weighted by atomic mass is 35.7. The summed E-state index contributed by atoms with van der Waals surface area (Å²) >= 11 is 0. The van der Waals surface area contributed by atoms with Gasteiger partial charge in [-0.25, -0.2) is 8.42 Å². The van der Waals surface area contributed by atoms with Crippen molar-refractivity contribution in [1.82, 2.24) is 9.78 Å². The maximum Gasteiger partial charge on any atom is 0.264 e. The van der Waals surface area contributed by atoms with Crippen molar-refractivity contribution in [3.8, 4) is 0 Å². The summed E-state index contributed by atoms with van der Waals surface area (Å²) in [7, 11) is 1.58. The quantitative estimate of drug-likeness (QED) is 0.811. The third-order valence-electron chi connectivity index (χ3n) is 3.26. The van der Waals surface area contributed by atoms with Crippen LogP contribution in [0.1, 0.15) is 17.0 Å². The average molecular weight is 283 g/mol. The molecule has 0 amide bonds. The van der Waals surface area contributed by atoms with E-state index < -0.39 is 9.05 Å². The Labute approximate surface area is 110 Å². The summed E-state index contributed by atoms with van der Waals surface area (Å²) in [5, 5.41) is 4.03. The predicted octanol–water partition coefficient (Wildman–Crippen LogP) is 2.15. The van der Waals surface area contributed by atoms with Crippen LogP contribution in [-0.2, 0) is 22.0 Å². The normalized spacial score (nSPS) is 18.2. The highest BCUT2D eigenvalue weighted by molar-refractivity contribution is 8.13. The molecule has 0 aliphatic heterocycles. The van der Waals surface area contributed by atoms with Gasteiger partial charge in [-0.05, 0) is 17.5 Å². The molecule has 0 bridgehead atoms. The van der Waals surface area contributed by atoms with Gasteiger partial charge < -0.3 is 0 Å². The Balaban J connectivity index is 1.78. The Morgan fingerprint density at radius 3 is 2.83 bits per heavy atom. The Kier molecular flexibility index (Phi) is 2.68. The van der Waals surface area contributed by atoms with Gasteiger partial charge in [0, 0.05) is 29.3 Å². The molecule has 1 aromatic carbocycles. The molecule has 18 heavy (non-hydrogen) atoms. The second-order valence-electron chi connectivity index (χ2n) is 4.44. The first kappa shape index (κ1) is 11.7. The minimum atomic E-state index is -3.68. The van der Waals surface area contributed by atoms with Crippen LogP contribution in [0, 0.1) is 0 Å². The van der Waals surface area contributed by atoms with Crippen molar-refractivity contribution in [2.45, 2.75) is 23.8 Å². The lowest BCUT2D eigenvalue weighted by Gasteiger charge is -2.29. The maximum atomic E-state index is 11.1. The lowest BCUT2D eigenvalue weighted by molar-refractivity contribution is 0.474. The second-order valence-corrected chi connectivity index (χ2v) is 7.00. The van der Waals surface area contributed by atoms with E-state index in [-0.39, 0.29) is 4.90 Å². The van der Waals surface area contributed by atoms with Gasteiger partial charge in [-0.15, -0.1) is 0 Å². The monoisotopic (exact) mass is 282 g/mol. The number of hydrogen-bond donors (Lipinski definition) is 0. The van der Waals surface area contributed by atoms with E-state index >= 15 is 0 Å². The smallest absolute Gasteiger partial charge is 0.264 e. The zero-order chi connectivity index (χ0) is 12.8. The zero-order valence-electron chi connectivity index (χ0n) is 9.45. The summed E-state index contributed by atoms with van der Waals surface area (Å²) in [6.07, 6.45) is 3.77. The van der Waals surface area contributed by atoms with Gasteiger partial charge >= 0.3 is 0 Å². The van der Waals surface area contributed by atoms with Crippen molar-refractivity contribution in [3.05, 3.63) is 47.8 Å². The number of halogens is 1. The van der Waals surface area contributed by atoms with Crippen molar-refractivity contribution in [2.75, 3.05) is 0 Å². The van der Waals surface area contributed by atoms with Gasteiger partial charge in [-0.1, -0.05) is 24.3 Å². The number of fused-ring (bicyclic) bond motifs is 1. The first-order valence-corrected chi connectivity index (χ1v) is 7.90. The van der Waals surface area contributed by atoms with Gasteiger partial charge in [0.15, 0.2) is 0 Å². The SMILES string of the molecule is O=S(=O)(Cl)c1cnn(CC2Cc3ccccc32)c1. The Morgan fingerprint density at radius 2 is 2.17 bits per heavy atom. The summed E-state index contributed by atoms with van der Waals surface area (Å²) in [6.45, 7) is 0.684. The fourth-order valence-corrected chi connectivity index (χ4v) is 2.98. The molecular weight excluding hydrogens is 272 g/mol. The molecular formula is C12H11ClN2O2S. The van der Waals surface area contributed by atoms with E-state index in [9.17, 15) is 8.42 Å². The number of aromatic nitrogens is 2. The molecule has 6 heteroatoms. The van der Waals surface area contributed by atoms with E-state index in [1.54, 1.807) is 4.68 Å². The van der Waals surface area contributed by atoms with Crippen LogP contribution in [0.2, 0.25) is 0 Å². The third kappa shape index (κ3) is 2.04. The van der Waals surface area contributed by atoms with Gasteiger partial charge in [-0.3, -0.25) is 4.68 Å². The third-order valence-corrected chi connectivity index (χ3v) is 4.57. The molecule has 0 fully saturated rings. The standard InChI is InChI=1S/C12H11ClN2O2S/c13-18(16,17)11-6-14-15(8-11)7-10-5-9-3-1-2-4-12(9)10/h1-4,6,8,10H,5,7H2. The van der Waals surface area contributed by atoms with Crippen LogP contribution in [0.3, 0.4) is 0 Å². The van der Waals surface area contributed by atoms with Crippen LogP contribution < -0.4 is 0 Å². The molecule has 1 aliphatic carbocycles. The van der Waals surface area contributed by atoms with Crippen LogP contribution in [-0.4, -0.2) is 18.2 Å². The van der Waals surface area contributed by atoms with Crippen LogP contribution in [0.25, 0.3) is 0 Å². The van der Waals surface area contributed by atoms with Crippen molar-refractivity contribution in [2.24, 2.45) is 0 Å². The molecule has 0 saturated carbocycles. The van der Waals surface area contributed by atoms with Crippen LogP contribution in [0.15, 0.2) is 41.6 Å². The van der Waals surface area contributed by atoms with E-state index in [0.29, 0.717) is 12.5 Å². The molecule has 2 aromatic rings. The van der Waals surface area contributed by atoms with Gasteiger partial charge in [0.1, 0.15) is 4.90 Å². The lowest BCUT2D eigenvalue weighted by atomic mass is 9.78.